The predicted octanol–water partition coefficient (Wildman–Crippen LogP) is 2.14. The maximum Gasteiger partial charge on any atom is 0.341 e. The summed E-state index contributed by atoms with van der Waals surface area (Å²) in [5.74, 6) is -0.699. The minimum atomic E-state index is -1.02. The normalized spacial score (nSPS) is 11.7. The van der Waals surface area contributed by atoms with E-state index < -0.39 is 5.97 Å². The third-order valence-electron chi connectivity index (χ3n) is 3.00. The van der Waals surface area contributed by atoms with E-state index in [-0.39, 0.29) is 25.2 Å². The van der Waals surface area contributed by atoms with Crippen LogP contribution in [0.4, 0.5) is 0 Å². The molecular formula is C16H23NO5. The number of carboxylic acid groups (broad SMARTS) is 1. The van der Waals surface area contributed by atoms with Crippen LogP contribution < -0.4 is 10.1 Å². The lowest BCUT2D eigenvalue weighted by Gasteiger charge is -2.15. The van der Waals surface area contributed by atoms with Gasteiger partial charge in [-0.05, 0) is 31.0 Å². The smallest absolute Gasteiger partial charge is 0.341 e. The topological polar surface area (TPSA) is 84.9 Å². The molecule has 6 heteroatoms. The van der Waals surface area contributed by atoms with Crippen molar-refractivity contribution in [3.63, 3.8) is 0 Å². The van der Waals surface area contributed by atoms with Crippen LogP contribution in [0, 0.1) is 0 Å². The van der Waals surface area contributed by atoms with E-state index >= 15 is 0 Å². The molecule has 0 aromatic heterocycles. The van der Waals surface area contributed by atoms with E-state index in [9.17, 15) is 9.59 Å². The number of rotatable bonds is 10. The highest BCUT2D eigenvalue weighted by atomic mass is 16.5. The first-order valence-corrected chi connectivity index (χ1v) is 7.34. The number of aliphatic carboxylic acids is 1. The average Bonchev–Trinajstić information content (AvgIpc) is 2.50. The molecule has 1 aromatic rings. The van der Waals surface area contributed by atoms with Gasteiger partial charge in [0.05, 0.1) is 6.04 Å². The standard InChI is InChI=1S/C16H23NO5/c1-3-4-9-21-10-15(18)17-12(2)13-5-7-14(8-6-13)22-11-16(19)20/h5-8,12H,3-4,9-11H2,1-2H3,(H,17,18)(H,19,20). The number of nitrogens with one attached hydrogen (secondary N) is 1. The van der Waals surface area contributed by atoms with E-state index in [1.54, 1.807) is 24.3 Å². The maximum atomic E-state index is 11.7. The van der Waals surface area contributed by atoms with Crippen LogP contribution >= 0.6 is 0 Å². The Kier molecular flexibility index (Phi) is 7.99. The summed E-state index contributed by atoms with van der Waals surface area (Å²) in [6.07, 6.45) is 1.98. The molecular weight excluding hydrogens is 286 g/mol. The maximum absolute atomic E-state index is 11.7. The van der Waals surface area contributed by atoms with Gasteiger partial charge >= 0.3 is 5.97 Å². The van der Waals surface area contributed by atoms with Crippen LogP contribution in [0.1, 0.15) is 38.3 Å². The second-order valence-electron chi connectivity index (χ2n) is 4.95. The third kappa shape index (κ3) is 7.08. The fourth-order valence-electron chi connectivity index (χ4n) is 1.78. The van der Waals surface area contributed by atoms with E-state index in [4.69, 9.17) is 14.6 Å². The van der Waals surface area contributed by atoms with Gasteiger partial charge in [0, 0.05) is 6.61 Å². The number of hydrogen-bond acceptors (Lipinski definition) is 4. The summed E-state index contributed by atoms with van der Waals surface area (Å²) in [7, 11) is 0. The summed E-state index contributed by atoms with van der Waals surface area (Å²) >= 11 is 0. The molecule has 0 aliphatic carbocycles. The molecule has 22 heavy (non-hydrogen) atoms. The molecule has 1 unspecified atom stereocenters. The Morgan fingerprint density at radius 3 is 2.50 bits per heavy atom. The number of ether oxygens (including phenoxy) is 2. The molecule has 0 bridgehead atoms. The van der Waals surface area contributed by atoms with Crippen molar-refractivity contribution in [2.75, 3.05) is 19.8 Å². The Bertz CT molecular complexity index is 472. The molecule has 0 saturated carbocycles. The number of carboxylic acids is 1. The summed E-state index contributed by atoms with van der Waals surface area (Å²) in [6.45, 7) is 4.21. The van der Waals surface area contributed by atoms with E-state index in [0.29, 0.717) is 12.4 Å². The van der Waals surface area contributed by atoms with Crippen LogP contribution in [-0.2, 0) is 14.3 Å². The highest BCUT2D eigenvalue weighted by Gasteiger charge is 2.10. The summed E-state index contributed by atoms with van der Waals surface area (Å²) in [4.78, 5) is 22.1. The molecule has 0 heterocycles. The minimum absolute atomic E-state index is 0.0597. The second kappa shape index (κ2) is 9.78. The quantitative estimate of drug-likeness (QED) is 0.647. The molecule has 0 aliphatic rings. The molecule has 1 amide bonds. The van der Waals surface area contributed by atoms with Crippen molar-refractivity contribution in [3.8, 4) is 5.75 Å². The van der Waals surface area contributed by atoms with Crippen molar-refractivity contribution in [1.29, 1.82) is 0 Å². The molecule has 0 aliphatic heterocycles. The lowest BCUT2D eigenvalue weighted by molar-refractivity contribution is -0.139. The Balaban J connectivity index is 2.39. The molecule has 0 spiro atoms. The van der Waals surface area contributed by atoms with Gasteiger partial charge in [0.15, 0.2) is 6.61 Å². The van der Waals surface area contributed by atoms with Crippen molar-refractivity contribution in [2.24, 2.45) is 0 Å². The van der Waals surface area contributed by atoms with Gasteiger partial charge in [-0.15, -0.1) is 0 Å². The van der Waals surface area contributed by atoms with Crippen molar-refractivity contribution < 1.29 is 24.2 Å². The number of benzene rings is 1. The van der Waals surface area contributed by atoms with Crippen LogP contribution in [-0.4, -0.2) is 36.8 Å². The molecule has 0 radical (unpaired) electrons. The summed E-state index contributed by atoms with van der Waals surface area (Å²) in [5, 5.41) is 11.4. The van der Waals surface area contributed by atoms with Crippen LogP contribution in [0.5, 0.6) is 5.75 Å². The zero-order valence-electron chi connectivity index (χ0n) is 13.0. The molecule has 0 saturated heterocycles. The fraction of sp³-hybridized carbons (Fsp3) is 0.500. The van der Waals surface area contributed by atoms with E-state index in [1.807, 2.05) is 6.92 Å². The highest BCUT2D eigenvalue weighted by molar-refractivity contribution is 5.77. The summed E-state index contributed by atoms with van der Waals surface area (Å²) in [6, 6.07) is 6.79. The zero-order valence-corrected chi connectivity index (χ0v) is 13.0. The van der Waals surface area contributed by atoms with E-state index in [0.717, 1.165) is 18.4 Å². The van der Waals surface area contributed by atoms with Crippen LogP contribution in [0.2, 0.25) is 0 Å². The molecule has 2 N–H and O–H groups in total. The zero-order chi connectivity index (χ0) is 16.4. The van der Waals surface area contributed by atoms with Gasteiger partial charge in [-0.25, -0.2) is 4.79 Å². The van der Waals surface area contributed by atoms with Crippen molar-refractivity contribution in [2.45, 2.75) is 32.7 Å². The molecule has 1 rings (SSSR count). The van der Waals surface area contributed by atoms with Gasteiger partial charge < -0.3 is 19.9 Å². The fourth-order valence-corrected chi connectivity index (χ4v) is 1.78. The minimum Gasteiger partial charge on any atom is -0.482 e. The molecule has 1 atom stereocenters. The Hall–Kier alpha value is -2.08. The van der Waals surface area contributed by atoms with Crippen molar-refractivity contribution in [1.82, 2.24) is 5.32 Å². The van der Waals surface area contributed by atoms with Crippen LogP contribution in [0.15, 0.2) is 24.3 Å². The molecule has 122 valence electrons. The summed E-state index contributed by atoms with van der Waals surface area (Å²) < 4.78 is 10.3. The van der Waals surface area contributed by atoms with Gasteiger partial charge in [-0.1, -0.05) is 25.5 Å². The second-order valence-corrected chi connectivity index (χ2v) is 4.95. The third-order valence-corrected chi connectivity index (χ3v) is 3.00. The lowest BCUT2D eigenvalue weighted by Crippen LogP contribution is -2.30. The van der Waals surface area contributed by atoms with E-state index in [1.165, 1.54) is 0 Å². The van der Waals surface area contributed by atoms with Gasteiger partial charge in [0.2, 0.25) is 5.91 Å². The summed E-state index contributed by atoms with van der Waals surface area (Å²) in [5.41, 5.74) is 0.907. The Morgan fingerprint density at radius 1 is 1.23 bits per heavy atom. The number of hydrogen-bond donors (Lipinski definition) is 2. The lowest BCUT2D eigenvalue weighted by atomic mass is 10.1. The predicted molar refractivity (Wildman–Crippen MR) is 81.9 cm³/mol. The van der Waals surface area contributed by atoms with Crippen LogP contribution in [0.25, 0.3) is 0 Å². The first kappa shape index (κ1) is 18.0. The largest absolute Gasteiger partial charge is 0.482 e. The van der Waals surface area contributed by atoms with Gasteiger partial charge in [-0.2, -0.15) is 0 Å². The molecule has 6 nitrogen and oxygen atoms in total. The van der Waals surface area contributed by atoms with Crippen molar-refractivity contribution >= 4 is 11.9 Å². The number of amides is 1. The SMILES string of the molecule is CCCCOCC(=O)NC(C)c1ccc(OCC(=O)O)cc1. The number of carbonyl (C=O) groups is 2. The van der Waals surface area contributed by atoms with Crippen LogP contribution in [0.3, 0.4) is 0 Å². The first-order chi connectivity index (χ1) is 10.5. The average molecular weight is 309 g/mol. The van der Waals surface area contributed by atoms with E-state index in [2.05, 4.69) is 12.2 Å². The first-order valence-electron chi connectivity index (χ1n) is 7.34. The molecule has 1 aromatic carbocycles. The number of carbonyl (C=O) groups excluding carboxylic acids is 1. The number of unbranched alkanes of at least 4 members (excludes halogenated alkanes) is 1. The van der Waals surface area contributed by atoms with Gasteiger partial charge in [0.1, 0.15) is 12.4 Å². The monoisotopic (exact) mass is 309 g/mol. The Labute approximate surface area is 130 Å². The van der Waals surface area contributed by atoms with Gasteiger partial charge in [0.25, 0.3) is 0 Å². The van der Waals surface area contributed by atoms with Gasteiger partial charge in [-0.3, -0.25) is 4.79 Å². The molecule has 0 fully saturated rings. The Morgan fingerprint density at radius 2 is 1.91 bits per heavy atom. The highest BCUT2D eigenvalue weighted by Crippen LogP contribution is 2.17. The van der Waals surface area contributed by atoms with Crippen molar-refractivity contribution in [3.05, 3.63) is 29.8 Å².